The summed E-state index contributed by atoms with van der Waals surface area (Å²) in [5, 5.41) is 3.07. The highest BCUT2D eigenvalue weighted by Crippen LogP contribution is 2.23. The minimum atomic E-state index is -0.308. The fraction of sp³-hybridized carbons (Fsp3) is 0.0714. The highest BCUT2D eigenvalue weighted by atomic mass is 32.1. The van der Waals surface area contributed by atoms with E-state index in [1.165, 1.54) is 12.1 Å². The molecule has 0 aliphatic carbocycles. The molecule has 0 bridgehead atoms. The van der Waals surface area contributed by atoms with Crippen LogP contribution in [0.3, 0.4) is 0 Å². The number of nitrogens with one attached hydrogen (secondary N) is 1. The van der Waals surface area contributed by atoms with Crippen molar-refractivity contribution in [3.05, 3.63) is 59.7 Å². The maximum absolute atomic E-state index is 13.5. The second-order valence-corrected chi connectivity index (χ2v) is 4.61. The van der Waals surface area contributed by atoms with Crippen LogP contribution < -0.4 is 5.32 Å². The molecular weight excluding hydrogens is 261 g/mol. The van der Waals surface area contributed by atoms with Gasteiger partial charge in [0.2, 0.25) is 0 Å². The van der Waals surface area contributed by atoms with Crippen LogP contribution in [0.1, 0.15) is 11.3 Å². The van der Waals surface area contributed by atoms with Crippen LogP contribution in [0.15, 0.2) is 47.6 Å². The van der Waals surface area contributed by atoms with Crippen molar-refractivity contribution >= 4 is 28.6 Å². The average molecular weight is 271 g/mol. The molecule has 1 N–H and O–H groups in total. The Labute approximate surface area is 115 Å². The molecular formula is C14H10FN3S. The van der Waals surface area contributed by atoms with Crippen molar-refractivity contribution in [3.8, 4) is 0 Å². The van der Waals surface area contributed by atoms with E-state index in [2.05, 4.69) is 15.3 Å². The number of hydrogen-bond acceptors (Lipinski definition) is 3. The molecule has 2 heterocycles. The molecule has 19 heavy (non-hydrogen) atoms. The molecule has 1 aliphatic heterocycles. The third-order valence-electron chi connectivity index (χ3n) is 2.80. The van der Waals surface area contributed by atoms with Gasteiger partial charge in [0, 0.05) is 17.4 Å². The Bertz CT molecular complexity index is 668. The topological polar surface area (TPSA) is 37.3 Å². The number of aliphatic imine (C=N–C) groups is 1. The van der Waals surface area contributed by atoms with Crippen LogP contribution in [-0.4, -0.2) is 22.2 Å². The van der Waals surface area contributed by atoms with Gasteiger partial charge in [0.15, 0.2) is 0 Å². The van der Waals surface area contributed by atoms with Gasteiger partial charge in [-0.3, -0.25) is 9.98 Å². The zero-order valence-electron chi connectivity index (χ0n) is 9.93. The normalized spacial score (nSPS) is 14.2. The summed E-state index contributed by atoms with van der Waals surface area (Å²) in [5.41, 5.74) is 2.80. The van der Waals surface area contributed by atoms with E-state index in [1.807, 2.05) is 18.2 Å². The lowest BCUT2D eigenvalue weighted by Crippen LogP contribution is -2.11. The summed E-state index contributed by atoms with van der Waals surface area (Å²) in [5.74, 6) is -0.308. The molecule has 0 unspecified atom stereocenters. The number of benzene rings is 1. The van der Waals surface area contributed by atoms with Gasteiger partial charge in [-0.25, -0.2) is 4.39 Å². The Kier molecular flexibility index (Phi) is 3.05. The van der Waals surface area contributed by atoms with Crippen molar-refractivity contribution in [1.82, 2.24) is 4.98 Å². The quantitative estimate of drug-likeness (QED) is 0.810. The molecule has 0 spiro atoms. The molecule has 3 nitrogen and oxygen atoms in total. The Hall–Kier alpha value is -2.14. The minimum absolute atomic E-state index is 0.308. The van der Waals surface area contributed by atoms with Gasteiger partial charge in [0.05, 0.1) is 18.0 Å². The van der Waals surface area contributed by atoms with Crippen molar-refractivity contribution in [2.24, 2.45) is 4.99 Å². The van der Waals surface area contributed by atoms with Crippen LogP contribution in [-0.2, 0) is 0 Å². The van der Waals surface area contributed by atoms with Crippen LogP contribution in [0.5, 0.6) is 0 Å². The number of rotatable bonds is 1. The zero-order valence-corrected chi connectivity index (χ0v) is 10.7. The van der Waals surface area contributed by atoms with Gasteiger partial charge in [0.25, 0.3) is 0 Å². The Morgan fingerprint density at radius 3 is 2.89 bits per heavy atom. The Balaban J connectivity index is 2.20. The van der Waals surface area contributed by atoms with E-state index in [1.54, 1.807) is 12.3 Å². The molecule has 1 aromatic heterocycles. The van der Waals surface area contributed by atoms with Crippen LogP contribution >= 0.6 is 12.2 Å². The minimum Gasteiger partial charge on any atom is -0.348 e. The van der Waals surface area contributed by atoms with Crippen molar-refractivity contribution in [2.45, 2.75) is 0 Å². The number of benzodiazepines with no additional fused rings is 1. The molecule has 1 aromatic carbocycles. The van der Waals surface area contributed by atoms with Gasteiger partial charge in [-0.2, -0.15) is 0 Å². The molecule has 0 amide bonds. The second-order valence-electron chi connectivity index (χ2n) is 4.12. The average Bonchev–Trinajstić information content (AvgIpc) is 2.58. The van der Waals surface area contributed by atoms with Gasteiger partial charge >= 0.3 is 0 Å². The number of fused-ring (bicyclic) bond motifs is 1. The lowest BCUT2D eigenvalue weighted by Gasteiger charge is -2.09. The van der Waals surface area contributed by atoms with E-state index in [-0.39, 0.29) is 5.82 Å². The van der Waals surface area contributed by atoms with Gasteiger partial charge in [-0.15, -0.1) is 0 Å². The lowest BCUT2D eigenvalue weighted by atomic mass is 10.0. The zero-order chi connectivity index (χ0) is 13.2. The summed E-state index contributed by atoms with van der Waals surface area (Å²) in [4.78, 5) is 9.32. The van der Waals surface area contributed by atoms with Gasteiger partial charge in [-0.1, -0.05) is 18.3 Å². The van der Waals surface area contributed by atoms with Crippen molar-refractivity contribution in [2.75, 3.05) is 11.9 Å². The predicted octanol–water partition coefficient (Wildman–Crippen LogP) is 2.81. The van der Waals surface area contributed by atoms with Crippen molar-refractivity contribution in [3.63, 3.8) is 0 Å². The maximum atomic E-state index is 13.5. The van der Waals surface area contributed by atoms with Crippen LogP contribution in [0.2, 0.25) is 0 Å². The fourth-order valence-electron chi connectivity index (χ4n) is 1.97. The van der Waals surface area contributed by atoms with E-state index in [0.29, 0.717) is 28.5 Å². The SMILES string of the molecule is Fc1ccc2c(c1)C(c1ccccn1)=NCC(=S)N2. The van der Waals surface area contributed by atoms with Gasteiger partial charge < -0.3 is 5.32 Å². The molecule has 1 aliphatic rings. The molecule has 2 aromatic rings. The molecule has 3 rings (SSSR count). The number of anilines is 1. The number of aromatic nitrogens is 1. The van der Waals surface area contributed by atoms with Crippen molar-refractivity contribution in [1.29, 1.82) is 0 Å². The van der Waals surface area contributed by atoms with E-state index >= 15 is 0 Å². The predicted molar refractivity (Wildman–Crippen MR) is 77.4 cm³/mol. The first-order chi connectivity index (χ1) is 9.24. The first-order valence-electron chi connectivity index (χ1n) is 5.80. The maximum Gasteiger partial charge on any atom is 0.124 e. The highest BCUT2D eigenvalue weighted by molar-refractivity contribution is 7.80. The van der Waals surface area contributed by atoms with Crippen LogP contribution in [0.25, 0.3) is 0 Å². The summed E-state index contributed by atoms with van der Waals surface area (Å²) in [6.07, 6.45) is 1.69. The monoisotopic (exact) mass is 271 g/mol. The summed E-state index contributed by atoms with van der Waals surface area (Å²) >= 11 is 5.17. The van der Waals surface area contributed by atoms with E-state index in [4.69, 9.17) is 12.2 Å². The van der Waals surface area contributed by atoms with E-state index < -0.39 is 0 Å². The summed E-state index contributed by atoms with van der Waals surface area (Å²) < 4.78 is 13.5. The molecule has 94 valence electrons. The lowest BCUT2D eigenvalue weighted by molar-refractivity contribution is 0.628. The van der Waals surface area contributed by atoms with Crippen LogP contribution in [0.4, 0.5) is 10.1 Å². The molecule has 0 atom stereocenters. The fourth-order valence-corrected chi connectivity index (χ4v) is 2.14. The first kappa shape index (κ1) is 11.9. The van der Waals surface area contributed by atoms with Crippen molar-refractivity contribution < 1.29 is 4.39 Å². The third-order valence-corrected chi connectivity index (χ3v) is 3.03. The van der Waals surface area contributed by atoms with E-state index in [9.17, 15) is 4.39 Å². The van der Waals surface area contributed by atoms with E-state index in [0.717, 1.165) is 5.69 Å². The smallest absolute Gasteiger partial charge is 0.124 e. The second kappa shape index (κ2) is 4.85. The summed E-state index contributed by atoms with van der Waals surface area (Å²) in [6.45, 7) is 0.373. The van der Waals surface area contributed by atoms with Gasteiger partial charge in [0.1, 0.15) is 10.8 Å². The first-order valence-corrected chi connectivity index (χ1v) is 6.20. The third kappa shape index (κ3) is 2.37. The Morgan fingerprint density at radius 1 is 1.21 bits per heavy atom. The number of hydrogen-bond donors (Lipinski definition) is 1. The Morgan fingerprint density at radius 2 is 2.11 bits per heavy atom. The van der Waals surface area contributed by atoms with Gasteiger partial charge in [-0.05, 0) is 30.3 Å². The number of pyridine rings is 1. The highest BCUT2D eigenvalue weighted by Gasteiger charge is 2.17. The molecule has 0 fully saturated rings. The van der Waals surface area contributed by atoms with Crippen LogP contribution in [0, 0.1) is 5.82 Å². The standard InChI is InChI=1S/C14H10FN3S/c15-9-4-5-11-10(7-9)14(17-8-13(19)18-11)12-3-1-2-6-16-12/h1-7H,8H2,(H,18,19). The number of thiocarbonyl (C=S) groups is 1. The summed E-state index contributed by atoms with van der Waals surface area (Å²) in [6, 6.07) is 10.1. The molecule has 0 radical (unpaired) electrons. The molecule has 0 saturated heterocycles. The summed E-state index contributed by atoms with van der Waals surface area (Å²) in [7, 11) is 0. The molecule has 5 heteroatoms. The number of halogens is 1. The molecule has 0 saturated carbocycles. The number of nitrogens with zero attached hydrogens (tertiary/aromatic N) is 2. The largest absolute Gasteiger partial charge is 0.348 e.